The van der Waals surface area contributed by atoms with E-state index in [4.69, 9.17) is 4.74 Å². The van der Waals surface area contributed by atoms with Crippen LogP contribution in [-0.4, -0.2) is 57.2 Å². The zero-order chi connectivity index (χ0) is 11.7. The van der Waals surface area contributed by atoms with Crippen molar-refractivity contribution in [3.8, 4) is 0 Å². The Hall–Kier alpha value is -1.30. The number of nitrogens with one attached hydrogen (secondary N) is 2. The molecule has 6 nitrogen and oxygen atoms in total. The molecule has 0 fully saturated rings. The first-order valence-electron chi connectivity index (χ1n) is 4.89. The van der Waals surface area contributed by atoms with E-state index in [-0.39, 0.29) is 18.5 Å². The largest absolute Gasteiger partial charge is 0.465 e. The van der Waals surface area contributed by atoms with Crippen molar-refractivity contribution < 1.29 is 14.3 Å². The third kappa shape index (κ3) is 7.75. The molecule has 15 heavy (non-hydrogen) atoms. The van der Waals surface area contributed by atoms with Gasteiger partial charge in [0.05, 0.1) is 13.2 Å². The minimum Gasteiger partial charge on any atom is -0.465 e. The SMILES string of the molecule is CCOC(=O)CNCCNC(=O)N(C)C. The maximum absolute atomic E-state index is 11.0. The highest BCUT2D eigenvalue weighted by atomic mass is 16.5. The number of esters is 1. The van der Waals surface area contributed by atoms with Crippen molar-refractivity contribution in [1.82, 2.24) is 15.5 Å². The monoisotopic (exact) mass is 217 g/mol. The molecule has 88 valence electrons. The van der Waals surface area contributed by atoms with Gasteiger partial charge in [0.15, 0.2) is 0 Å². The van der Waals surface area contributed by atoms with Gasteiger partial charge in [0.2, 0.25) is 0 Å². The number of hydrogen-bond acceptors (Lipinski definition) is 4. The average molecular weight is 217 g/mol. The minimum atomic E-state index is -0.281. The summed E-state index contributed by atoms with van der Waals surface area (Å²) in [6.45, 7) is 3.34. The Morgan fingerprint density at radius 3 is 2.47 bits per heavy atom. The van der Waals surface area contributed by atoms with Crippen LogP contribution >= 0.6 is 0 Å². The van der Waals surface area contributed by atoms with Crippen molar-refractivity contribution in [1.29, 1.82) is 0 Å². The fourth-order valence-corrected chi connectivity index (χ4v) is 0.818. The van der Waals surface area contributed by atoms with E-state index in [2.05, 4.69) is 10.6 Å². The van der Waals surface area contributed by atoms with Crippen molar-refractivity contribution in [2.75, 3.05) is 40.3 Å². The third-order valence-electron chi connectivity index (χ3n) is 1.56. The van der Waals surface area contributed by atoms with Crippen LogP contribution in [0.5, 0.6) is 0 Å². The lowest BCUT2D eigenvalue weighted by molar-refractivity contribution is -0.141. The van der Waals surface area contributed by atoms with Gasteiger partial charge >= 0.3 is 12.0 Å². The normalized spacial score (nSPS) is 9.53. The molecule has 6 heteroatoms. The van der Waals surface area contributed by atoms with E-state index in [1.165, 1.54) is 4.90 Å². The van der Waals surface area contributed by atoms with Gasteiger partial charge < -0.3 is 20.3 Å². The summed E-state index contributed by atoms with van der Waals surface area (Å²) in [5.74, 6) is -0.281. The molecule has 0 unspecified atom stereocenters. The molecule has 0 bridgehead atoms. The van der Waals surface area contributed by atoms with Crippen LogP contribution in [0.2, 0.25) is 0 Å². The summed E-state index contributed by atoms with van der Waals surface area (Å²) in [5, 5.41) is 5.52. The molecule has 0 aliphatic carbocycles. The first-order valence-corrected chi connectivity index (χ1v) is 4.89. The second-order valence-electron chi connectivity index (χ2n) is 3.11. The van der Waals surface area contributed by atoms with Gasteiger partial charge in [-0.3, -0.25) is 4.79 Å². The fraction of sp³-hybridized carbons (Fsp3) is 0.778. The molecular formula is C9H19N3O3. The maximum atomic E-state index is 11.0. The molecule has 0 aromatic heterocycles. The number of carbonyl (C=O) groups excluding carboxylic acids is 2. The summed E-state index contributed by atoms with van der Waals surface area (Å²) in [7, 11) is 3.34. The Labute approximate surface area is 90.0 Å². The van der Waals surface area contributed by atoms with Gasteiger partial charge in [-0.2, -0.15) is 0 Å². The smallest absolute Gasteiger partial charge is 0.319 e. The van der Waals surface area contributed by atoms with Crippen LogP contribution in [0.15, 0.2) is 0 Å². The molecule has 0 spiro atoms. The molecule has 0 rings (SSSR count). The summed E-state index contributed by atoms with van der Waals surface area (Å²) >= 11 is 0. The summed E-state index contributed by atoms with van der Waals surface area (Å²) in [4.78, 5) is 23.4. The first kappa shape index (κ1) is 13.7. The van der Waals surface area contributed by atoms with Gasteiger partial charge in [-0.25, -0.2) is 4.79 Å². The second kappa shape index (κ2) is 8.05. The van der Waals surface area contributed by atoms with E-state index in [0.29, 0.717) is 19.7 Å². The maximum Gasteiger partial charge on any atom is 0.319 e. The molecule has 2 N–H and O–H groups in total. The molecule has 0 aliphatic heterocycles. The van der Waals surface area contributed by atoms with Crippen LogP contribution in [0.3, 0.4) is 0 Å². The number of urea groups is 1. The molecule has 0 saturated heterocycles. The number of nitrogens with zero attached hydrogens (tertiary/aromatic N) is 1. The lowest BCUT2D eigenvalue weighted by Gasteiger charge is -2.11. The second-order valence-corrected chi connectivity index (χ2v) is 3.11. The van der Waals surface area contributed by atoms with Crippen molar-refractivity contribution >= 4 is 12.0 Å². The van der Waals surface area contributed by atoms with Gasteiger partial charge in [0.1, 0.15) is 0 Å². The fourth-order valence-electron chi connectivity index (χ4n) is 0.818. The van der Waals surface area contributed by atoms with Crippen molar-refractivity contribution in [3.05, 3.63) is 0 Å². The number of rotatable bonds is 6. The van der Waals surface area contributed by atoms with Crippen molar-refractivity contribution in [2.24, 2.45) is 0 Å². The Balaban J connectivity index is 3.32. The Kier molecular flexibility index (Phi) is 7.35. The third-order valence-corrected chi connectivity index (χ3v) is 1.56. The molecule has 0 aromatic carbocycles. The number of ether oxygens (including phenoxy) is 1. The minimum absolute atomic E-state index is 0.145. The molecule has 0 saturated carbocycles. The molecule has 0 heterocycles. The van der Waals surface area contributed by atoms with Crippen LogP contribution in [0.25, 0.3) is 0 Å². The number of carbonyl (C=O) groups is 2. The quantitative estimate of drug-likeness (QED) is 0.461. The van der Waals surface area contributed by atoms with Crippen molar-refractivity contribution in [3.63, 3.8) is 0 Å². The molecule has 2 amide bonds. The van der Waals surface area contributed by atoms with E-state index in [0.717, 1.165) is 0 Å². The van der Waals surface area contributed by atoms with Gasteiger partial charge in [0.25, 0.3) is 0 Å². The van der Waals surface area contributed by atoms with E-state index in [1.807, 2.05) is 0 Å². The highest BCUT2D eigenvalue weighted by Gasteiger charge is 2.02. The Morgan fingerprint density at radius 1 is 1.27 bits per heavy atom. The zero-order valence-corrected chi connectivity index (χ0v) is 9.50. The van der Waals surface area contributed by atoms with Crippen LogP contribution in [-0.2, 0) is 9.53 Å². The predicted molar refractivity (Wildman–Crippen MR) is 56.6 cm³/mol. The summed E-state index contributed by atoms with van der Waals surface area (Å²) in [5.41, 5.74) is 0. The van der Waals surface area contributed by atoms with Gasteiger partial charge in [-0.1, -0.05) is 0 Å². The first-order chi connectivity index (χ1) is 7.07. The molecule has 0 atom stereocenters. The van der Waals surface area contributed by atoms with Gasteiger partial charge in [-0.15, -0.1) is 0 Å². The van der Waals surface area contributed by atoms with Crippen LogP contribution < -0.4 is 10.6 Å². The Morgan fingerprint density at radius 2 is 1.93 bits per heavy atom. The average Bonchev–Trinajstić information content (AvgIpc) is 2.17. The summed E-state index contributed by atoms with van der Waals surface area (Å²) in [6.07, 6.45) is 0. The van der Waals surface area contributed by atoms with Gasteiger partial charge in [0, 0.05) is 27.2 Å². The summed E-state index contributed by atoms with van der Waals surface area (Å²) < 4.78 is 4.71. The van der Waals surface area contributed by atoms with Crippen LogP contribution in [0.1, 0.15) is 6.92 Å². The highest BCUT2D eigenvalue weighted by Crippen LogP contribution is 1.76. The predicted octanol–water partition coefficient (Wildman–Crippen LogP) is -0.590. The molecule has 0 aliphatic rings. The lowest BCUT2D eigenvalue weighted by atomic mass is 10.5. The van der Waals surface area contributed by atoms with E-state index >= 15 is 0 Å². The van der Waals surface area contributed by atoms with Gasteiger partial charge in [-0.05, 0) is 6.92 Å². The van der Waals surface area contributed by atoms with E-state index in [1.54, 1.807) is 21.0 Å². The summed E-state index contributed by atoms with van der Waals surface area (Å²) in [6, 6.07) is -0.145. The Bertz CT molecular complexity index is 207. The number of hydrogen-bond donors (Lipinski definition) is 2. The topological polar surface area (TPSA) is 70.7 Å². The lowest BCUT2D eigenvalue weighted by Crippen LogP contribution is -2.39. The van der Waals surface area contributed by atoms with E-state index in [9.17, 15) is 9.59 Å². The van der Waals surface area contributed by atoms with Crippen LogP contribution in [0.4, 0.5) is 4.79 Å². The van der Waals surface area contributed by atoms with Crippen molar-refractivity contribution in [2.45, 2.75) is 6.92 Å². The number of amides is 2. The molecular weight excluding hydrogens is 198 g/mol. The molecule has 0 aromatic rings. The van der Waals surface area contributed by atoms with E-state index < -0.39 is 0 Å². The molecule has 0 radical (unpaired) electrons. The highest BCUT2D eigenvalue weighted by molar-refractivity contribution is 5.73. The zero-order valence-electron chi connectivity index (χ0n) is 9.50. The van der Waals surface area contributed by atoms with Crippen LogP contribution in [0, 0.1) is 0 Å². The standard InChI is InChI=1S/C9H19N3O3/c1-4-15-8(13)7-10-5-6-11-9(14)12(2)3/h10H,4-7H2,1-3H3,(H,11,14).